The summed E-state index contributed by atoms with van der Waals surface area (Å²) in [7, 11) is 0. The molecule has 29 heavy (non-hydrogen) atoms. The Kier molecular flexibility index (Phi) is 8.67. The Morgan fingerprint density at radius 2 is 1.79 bits per heavy atom. The number of rotatable bonds is 7. The van der Waals surface area contributed by atoms with E-state index in [2.05, 4.69) is 47.7 Å². The lowest BCUT2D eigenvalue weighted by molar-refractivity contribution is -0.123. The number of hydrogen-bond donors (Lipinski definition) is 2. The summed E-state index contributed by atoms with van der Waals surface area (Å²) >= 11 is 12.9. The lowest BCUT2D eigenvalue weighted by Gasteiger charge is -2.10. The van der Waals surface area contributed by atoms with Crippen LogP contribution in [0.2, 0.25) is 5.02 Å². The number of nitrogens with one attached hydrogen (secondary N) is 2. The first-order valence-corrected chi connectivity index (χ1v) is 10.6. The molecule has 2 aromatic rings. The van der Waals surface area contributed by atoms with Crippen molar-refractivity contribution >= 4 is 66.7 Å². The number of carbonyl (C=O) groups excluding carboxylic acids is 2. The van der Waals surface area contributed by atoms with Crippen LogP contribution in [0.1, 0.15) is 24.5 Å². The van der Waals surface area contributed by atoms with Crippen molar-refractivity contribution in [2.75, 3.05) is 11.9 Å². The Morgan fingerprint density at radius 3 is 2.48 bits per heavy atom. The second-order valence-electron chi connectivity index (χ2n) is 6.39. The smallest absolute Gasteiger partial charge is 0.277 e. The van der Waals surface area contributed by atoms with Gasteiger partial charge in [-0.15, -0.1) is 0 Å². The van der Waals surface area contributed by atoms with Crippen LogP contribution in [0.25, 0.3) is 0 Å². The van der Waals surface area contributed by atoms with E-state index in [1.54, 1.807) is 19.1 Å². The molecule has 0 aliphatic carbocycles. The largest absolute Gasteiger partial charge is 0.483 e. The fourth-order valence-electron chi connectivity index (χ4n) is 2.22. The van der Waals surface area contributed by atoms with Gasteiger partial charge >= 0.3 is 0 Å². The molecule has 2 aromatic carbocycles. The summed E-state index contributed by atoms with van der Waals surface area (Å²) in [5.74, 6) is -0.133. The summed E-state index contributed by atoms with van der Waals surface area (Å²) in [6.07, 6.45) is 0.0318. The van der Waals surface area contributed by atoms with Crippen molar-refractivity contribution in [3.8, 4) is 5.75 Å². The molecule has 2 rings (SSSR count). The molecule has 0 saturated carbocycles. The molecule has 0 aliphatic heterocycles. The number of ether oxygens (including phenoxy) is 1. The molecule has 2 N–H and O–H groups in total. The molecular weight excluding hydrogens is 525 g/mol. The van der Waals surface area contributed by atoms with Crippen molar-refractivity contribution in [3.05, 3.63) is 55.4 Å². The molecule has 0 aromatic heterocycles. The molecule has 6 nitrogen and oxygen atoms in total. The summed E-state index contributed by atoms with van der Waals surface area (Å²) < 4.78 is 7.18. The molecule has 2 amide bonds. The monoisotopic (exact) mass is 543 g/mol. The molecule has 0 heterocycles. The topological polar surface area (TPSA) is 79.8 Å². The lowest BCUT2D eigenvalue weighted by atomic mass is 10.2. The van der Waals surface area contributed by atoms with Crippen molar-refractivity contribution in [3.63, 3.8) is 0 Å². The molecule has 0 bridgehead atoms. The molecular formula is C20H20Br2ClN3O3. The van der Waals surface area contributed by atoms with Gasteiger partial charge in [0.2, 0.25) is 5.91 Å². The van der Waals surface area contributed by atoms with E-state index in [0.717, 1.165) is 20.1 Å². The first kappa shape index (κ1) is 23.4. The van der Waals surface area contributed by atoms with Gasteiger partial charge in [-0.1, -0.05) is 33.6 Å². The zero-order valence-electron chi connectivity index (χ0n) is 16.1. The highest BCUT2D eigenvalue weighted by molar-refractivity contribution is 9.11. The number of aryl methyl sites for hydroxylation is 2. The van der Waals surface area contributed by atoms with Gasteiger partial charge in [-0.05, 0) is 72.1 Å². The Morgan fingerprint density at radius 1 is 1.07 bits per heavy atom. The zero-order chi connectivity index (χ0) is 21.6. The maximum Gasteiger partial charge on any atom is 0.277 e. The van der Waals surface area contributed by atoms with Gasteiger partial charge < -0.3 is 10.1 Å². The fraction of sp³-hybridized carbons (Fsp3) is 0.250. The van der Waals surface area contributed by atoms with E-state index in [1.807, 2.05) is 32.0 Å². The van der Waals surface area contributed by atoms with Gasteiger partial charge in [-0.2, -0.15) is 5.10 Å². The molecule has 0 fully saturated rings. The van der Waals surface area contributed by atoms with E-state index in [4.69, 9.17) is 16.3 Å². The van der Waals surface area contributed by atoms with Gasteiger partial charge in [-0.25, -0.2) is 5.43 Å². The third-order valence-corrected chi connectivity index (χ3v) is 5.70. The average molecular weight is 546 g/mol. The molecule has 0 radical (unpaired) electrons. The van der Waals surface area contributed by atoms with Gasteiger partial charge in [0.15, 0.2) is 6.61 Å². The number of halogens is 3. The van der Waals surface area contributed by atoms with Gasteiger partial charge in [0.25, 0.3) is 5.91 Å². The summed E-state index contributed by atoms with van der Waals surface area (Å²) in [5.41, 5.74) is 5.35. The van der Waals surface area contributed by atoms with Crippen molar-refractivity contribution in [2.24, 2.45) is 5.10 Å². The van der Waals surface area contributed by atoms with E-state index < -0.39 is 5.91 Å². The Balaban J connectivity index is 1.82. The summed E-state index contributed by atoms with van der Waals surface area (Å²) in [6, 6.07) is 8.95. The predicted octanol–water partition coefficient (Wildman–Crippen LogP) is 5.38. The molecule has 0 aliphatic rings. The second kappa shape index (κ2) is 10.8. The summed E-state index contributed by atoms with van der Waals surface area (Å²) in [6.45, 7) is 5.25. The van der Waals surface area contributed by atoms with Crippen LogP contribution in [0.3, 0.4) is 0 Å². The minimum absolute atomic E-state index is 0.0318. The first-order chi connectivity index (χ1) is 13.7. The zero-order valence-corrected chi connectivity index (χ0v) is 20.0. The Hall–Kier alpha value is -1.90. The first-order valence-electron chi connectivity index (χ1n) is 8.62. The fourth-order valence-corrected chi connectivity index (χ4v) is 3.51. The van der Waals surface area contributed by atoms with Crippen molar-refractivity contribution in [1.29, 1.82) is 0 Å². The summed E-state index contributed by atoms with van der Waals surface area (Å²) in [5, 5.41) is 7.25. The minimum Gasteiger partial charge on any atom is -0.483 e. The molecule has 0 spiro atoms. The highest BCUT2D eigenvalue weighted by atomic mass is 79.9. The van der Waals surface area contributed by atoms with Gasteiger partial charge in [0.1, 0.15) is 5.75 Å². The average Bonchev–Trinajstić information content (AvgIpc) is 2.64. The van der Waals surface area contributed by atoms with Gasteiger partial charge in [0, 0.05) is 20.9 Å². The van der Waals surface area contributed by atoms with Gasteiger partial charge in [-0.3, -0.25) is 9.59 Å². The van der Waals surface area contributed by atoms with Crippen molar-refractivity contribution in [2.45, 2.75) is 27.2 Å². The van der Waals surface area contributed by atoms with Crippen LogP contribution in [0, 0.1) is 13.8 Å². The SMILES string of the molecule is C/C(CC(=O)Nc1ccc(C)c(Cl)c1)=N/NC(=O)COc1cc(C)c(Br)cc1Br. The van der Waals surface area contributed by atoms with Crippen LogP contribution >= 0.6 is 43.5 Å². The number of amides is 2. The summed E-state index contributed by atoms with van der Waals surface area (Å²) in [4.78, 5) is 24.0. The quantitative estimate of drug-likeness (QED) is 0.362. The minimum atomic E-state index is -0.428. The van der Waals surface area contributed by atoms with Crippen molar-refractivity contribution in [1.82, 2.24) is 5.43 Å². The van der Waals surface area contributed by atoms with Crippen LogP contribution in [-0.4, -0.2) is 24.1 Å². The van der Waals surface area contributed by atoms with E-state index in [1.165, 1.54) is 0 Å². The standard InChI is InChI=1S/C20H20Br2ClN3O3/c1-11-4-5-14(8-17(11)23)24-19(27)7-13(3)25-26-20(28)10-29-18-6-12(2)15(21)9-16(18)22/h4-6,8-9H,7,10H2,1-3H3,(H,24,27)(H,26,28)/b25-13-. The highest BCUT2D eigenvalue weighted by Crippen LogP contribution is 2.31. The van der Waals surface area contributed by atoms with Crippen LogP contribution < -0.4 is 15.5 Å². The maximum absolute atomic E-state index is 12.1. The van der Waals surface area contributed by atoms with E-state index >= 15 is 0 Å². The van der Waals surface area contributed by atoms with E-state index in [0.29, 0.717) is 22.2 Å². The number of anilines is 1. The maximum atomic E-state index is 12.1. The van der Waals surface area contributed by atoms with Crippen LogP contribution in [-0.2, 0) is 9.59 Å². The van der Waals surface area contributed by atoms with E-state index in [-0.39, 0.29) is 18.9 Å². The molecule has 0 saturated heterocycles. The second-order valence-corrected chi connectivity index (χ2v) is 8.51. The number of hydrazone groups is 1. The Bertz CT molecular complexity index is 964. The molecule has 9 heteroatoms. The van der Waals surface area contributed by atoms with Crippen LogP contribution in [0.5, 0.6) is 5.75 Å². The molecule has 0 atom stereocenters. The van der Waals surface area contributed by atoms with Crippen LogP contribution in [0.4, 0.5) is 5.69 Å². The van der Waals surface area contributed by atoms with Crippen molar-refractivity contribution < 1.29 is 14.3 Å². The predicted molar refractivity (Wildman–Crippen MR) is 123 cm³/mol. The number of nitrogens with zero attached hydrogens (tertiary/aromatic N) is 1. The lowest BCUT2D eigenvalue weighted by Crippen LogP contribution is -2.26. The number of benzene rings is 2. The third kappa shape index (κ3) is 7.45. The molecule has 154 valence electrons. The number of carbonyl (C=O) groups is 2. The Labute approximate surface area is 191 Å². The van der Waals surface area contributed by atoms with Crippen LogP contribution in [0.15, 0.2) is 44.4 Å². The molecule has 0 unspecified atom stereocenters. The normalized spacial score (nSPS) is 11.2. The van der Waals surface area contributed by atoms with Gasteiger partial charge in [0.05, 0.1) is 10.9 Å². The highest BCUT2D eigenvalue weighted by Gasteiger charge is 2.09. The number of hydrogen-bond acceptors (Lipinski definition) is 4. The third-order valence-electron chi connectivity index (χ3n) is 3.82. The van der Waals surface area contributed by atoms with E-state index in [9.17, 15) is 9.59 Å².